The molecule has 10 aromatic carbocycles. The van der Waals surface area contributed by atoms with Crippen molar-refractivity contribution in [3.63, 3.8) is 0 Å². The summed E-state index contributed by atoms with van der Waals surface area (Å²) in [6.07, 6.45) is 0. The van der Waals surface area contributed by atoms with Crippen molar-refractivity contribution in [2.45, 2.75) is 19.3 Å². The molecule has 0 unspecified atom stereocenters. The molecule has 0 fully saturated rings. The van der Waals surface area contributed by atoms with Gasteiger partial charge in [-0.15, -0.1) is 0 Å². The summed E-state index contributed by atoms with van der Waals surface area (Å²) in [6, 6.07) is 81.6. The van der Waals surface area contributed by atoms with Crippen LogP contribution in [0.1, 0.15) is 25.0 Å². The fourth-order valence-electron chi connectivity index (χ4n) is 10.3. The highest BCUT2D eigenvalue weighted by Crippen LogP contribution is 2.55. The Morgan fingerprint density at radius 2 is 1.00 bits per heavy atom. The van der Waals surface area contributed by atoms with Gasteiger partial charge in [0, 0.05) is 32.8 Å². The van der Waals surface area contributed by atoms with E-state index in [1.807, 2.05) is 0 Å². The van der Waals surface area contributed by atoms with Gasteiger partial charge in [-0.1, -0.05) is 190 Å². The van der Waals surface area contributed by atoms with Crippen LogP contribution in [0.15, 0.2) is 229 Å². The van der Waals surface area contributed by atoms with Crippen molar-refractivity contribution in [3.05, 3.63) is 236 Å². The molecule has 0 N–H and O–H groups in total. The summed E-state index contributed by atoms with van der Waals surface area (Å²) in [5, 5.41) is 4.55. The molecule has 0 saturated carbocycles. The molecule has 0 bridgehead atoms. The van der Waals surface area contributed by atoms with E-state index >= 15 is 0 Å². The molecule has 2 nitrogen and oxygen atoms in total. The Balaban J connectivity index is 1.03. The third-order valence-corrected chi connectivity index (χ3v) is 13.3. The second-order valence-electron chi connectivity index (χ2n) is 17.2. The van der Waals surface area contributed by atoms with Gasteiger partial charge in [-0.3, -0.25) is 0 Å². The monoisotopic (exact) mass is 805 g/mol. The summed E-state index contributed by atoms with van der Waals surface area (Å²) in [7, 11) is 0. The molecular weight excluding hydrogens is 763 g/mol. The standard InChI is InChI=1S/C61H43NO/c1-61(2)55-25-13-11-23-50(55)51-24-15-27-57(59(51)61)62(46-33-28-40(29-34-46)44-31-35-47(41-16-5-3-6-17-41)53(38-44)42-18-7-4-8-19-42)56-26-14-12-21-48(56)45-32-37-58-54(39-45)52-36-30-43-20-9-10-22-49(43)60(52)63-58/h3-39H,1-2H3. The number of furan rings is 1. The molecule has 2 heteroatoms. The second-order valence-corrected chi connectivity index (χ2v) is 17.2. The molecule has 0 radical (unpaired) electrons. The van der Waals surface area contributed by atoms with Crippen LogP contribution in [0.25, 0.3) is 88.3 Å². The second kappa shape index (κ2) is 14.6. The zero-order valence-corrected chi connectivity index (χ0v) is 35.2. The maximum Gasteiger partial charge on any atom is 0.143 e. The Morgan fingerprint density at radius 3 is 1.81 bits per heavy atom. The highest BCUT2D eigenvalue weighted by molar-refractivity contribution is 6.15. The zero-order valence-electron chi connectivity index (χ0n) is 35.2. The molecule has 63 heavy (non-hydrogen) atoms. The van der Waals surface area contributed by atoms with Gasteiger partial charge in [0.2, 0.25) is 0 Å². The number of nitrogens with zero attached hydrogens (tertiary/aromatic N) is 1. The van der Waals surface area contributed by atoms with Crippen LogP contribution < -0.4 is 4.90 Å². The lowest BCUT2D eigenvalue weighted by atomic mass is 9.81. The van der Waals surface area contributed by atoms with Crippen LogP contribution in [-0.4, -0.2) is 0 Å². The van der Waals surface area contributed by atoms with Crippen LogP contribution in [-0.2, 0) is 5.41 Å². The molecule has 1 heterocycles. The van der Waals surface area contributed by atoms with Crippen molar-refractivity contribution in [1.82, 2.24) is 0 Å². The van der Waals surface area contributed by atoms with Gasteiger partial charge in [-0.05, 0) is 115 Å². The van der Waals surface area contributed by atoms with Crippen LogP contribution in [0.3, 0.4) is 0 Å². The van der Waals surface area contributed by atoms with Gasteiger partial charge in [0.05, 0.1) is 11.4 Å². The highest BCUT2D eigenvalue weighted by atomic mass is 16.3. The topological polar surface area (TPSA) is 16.4 Å². The van der Waals surface area contributed by atoms with Crippen LogP contribution in [0, 0.1) is 0 Å². The zero-order chi connectivity index (χ0) is 42.1. The molecule has 0 atom stereocenters. The first kappa shape index (κ1) is 36.9. The minimum absolute atomic E-state index is 0.221. The molecule has 0 aliphatic heterocycles. The molecule has 0 amide bonds. The lowest BCUT2D eigenvalue weighted by Gasteiger charge is -2.33. The largest absolute Gasteiger partial charge is 0.455 e. The third-order valence-electron chi connectivity index (χ3n) is 13.3. The van der Waals surface area contributed by atoms with Gasteiger partial charge in [-0.2, -0.15) is 0 Å². The summed E-state index contributed by atoms with van der Waals surface area (Å²) < 4.78 is 6.58. The SMILES string of the molecule is CC1(C)c2ccccc2-c2cccc(N(c3ccc(-c4ccc(-c5ccccc5)c(-c5ccccc5)c4)cc3)c3ccccc3-c3ccc4oc5c6ccccc6ccc5c4c3)c21. The first-order valence-corrected chi connectivity index (χ1v) is 21.8. The van der Waals surface area contributed by atoms with E-state index < -0.39 is 0 Å². The van der Waals surface area contributed by atoms with Crippen LogP contribution in [0.4, 0.5) is 17.1 Å². The Kier molecular flexibility index (Phi) is 8.55. The summed E-state index contributed by atoms with van der Waals surface area (Å²) >= 11 is 0. The molecule has 1 aromatic heterocycles. The summed E-state index contributed by atoms with van der Waals surface area (Å²) in [5.41, 5.74) is 19.8. The van der Waals surface area contributed by atoms with Gasteiger partial charge in [-0.25, -0.2) is 0 Å². The maximum atomic E-state index is 6.58. The normalized spacial score (nSPS) is 12.7. The molecule has 0 spiro atoms. The van der Waals surface area contributed by atoms with E-state index in [-0.39, 0.29) is 5.41 Å². The van der Waals surface area contributed by atoms with Crippen molar-refractivity contribution in [3.8, 4) is 55.6 Å². The Morgan fingerprint density at radius 1 is 0.365 bits per heavy atom. The van der Waals surface area contributed by atoms with Crippen LogP contribution in [0.2, 0.25) is 0 Å². The third kappa shape index (κ3) is 6.02. The summed E-state index contributed by atoms with van der Waals surface area (Å²) in [6.45, 7) is 4.75. The molecular formula is C61H43NO. The van der Waals surface area contributed by atoms with Crippen molar-refractivity contribution < 1.29 is 4.42 Å². The lowest BCUT2D eigenvalue weighted by Crippen LogP contribution is -2.21. The van der Waals surface area contributed by atoms with Gasteiger partial charge < -0.3 is 9.32 Å². The minimum atomic E-state index is -0.221. The van der Waals surface area contributed by atoms with Crippen molar-refractivity contribution >= 4 is 49.8 Å². The van der Waals surface area contributed by atoms with Gasteiger partial charge >= 0.3 is 0 Å². The van der Waals surface area contributed by atoms with Gasteiger partial charge in [0.15, 0.2) is 0 Å². The predicted molar refractivity (Wildman–Crippen MR) is 265 cm³/mol. The summed E-state index contributed by atoms with van der Waals surface area (Å²) in [5.74, 6) is 0. The van der Waals surface area contributed by atoms with E-state index in [0.717, 1.165) is 49.8 Å². The fourth-order valence-corrected chi connectivity index (χ4v) is 10.3. The van der Waals surface area contributed by atoms with E-state index in [1.165, 1.54) is 66.7 Å². The van der Waals surface area contributed by atoms with Crippen LogP contribution >= 0.6 is 0 Å². The average Bonchev–Trinajstić information content (AvgIpc) is 3.84. The molecule has 12 rings (SSSR count). The first-order chi connectivity index (χ1) is 31.0. The number of benzene rings is 10. The molecule has 1 aliphatic rings. The number of hydrogen-bond acceptors (Lipinski definition) is 2. The quantitative estimate of drug-likeness (QED) is 0.160. The Labute approximate surface area is 368 Å². The number of rotatable bonds is 7. The van der Waals surface area contributed by atoms with Crippen molar-refractivity contribution in [1.29, 1.82) is 0 Å². The number of para-hydroxylation sites is 1. The molecule has 0 saturated heterocycles. The number of hydrogen-bond donors (Lipinski definition) is 0. The van der Waals surface area contributed by atoms with Crippen molar-refractivity contribution in [2.24, 2.45) is 0 Å². The van der Waals surface area contributed by atoms with E-state index in [0.29, 0.717) is 0 Å². The smallest absolute Gasteiger partial charge is 0.143 e. The molecule has 11 aromatic rings. The van der Waals surface area contributed by atoms with Gasteiger partial charge in [0.1, 0.15) is 11.2 Å². The van der Waals surface area contributed by atoms with Gasteiger partial charge in [0.25, 0.3) is 0 Å². The maximum absolute atomic E-state index is 6.58. The van der Waals surface area contributed by atoms with E-state index in [1.54, 1.807) is 0 Å². The average molecular weight is 806 g/mol. The number of fused-ring (bicyclic) bond motifs is 8. The van der Waals surface area contributed by atoms with Crippen LogP contribution in [0.5, 0.6) is 0 Å². The Hall–Kier alpha value is -7.94. The molecule has 298 valence electrons. The summed E-state index contributed by atoms with van der Waals surface area (Å²) in [4.78, 5) is 2.49. The minimum Gasteiger partial charge on any atom is -0.455 e. The van der Waals surface area contributed by atoms with Crippen molar-refractivity contribution in [2.75, 3.05) is 4.90 Å². The highest BCUT2D eigenvalue weighted by Gasteiger charge is 2.39. The predicted octanol–water partition coefficient (Wildman–Crippen LogP) is 17.2. The van der Waals surface area contributed by atoms with E-state index in [9.17, 15) is 0 Å². The van der Waals surface area contributed by atoms with E-state index in [2.05, 4.69) is 243 Å². The van der Waals surface area contributed by atoms with E-state index in [4.69, 9.17) is 4.42 Å². The fraction of sp³-hybridized carbons (Fsp3) is 0.0492. The Bertz CT molecular complexity index is 3520. The number of anilines is 3. The first-order valence-electron chi connectivity index (χ1n) is 21.8. The molecule has 1 aliphatic carbocycles. The lowest BCUT2D eigenvalue weighted by molar-refractivity contribution is 0.661.